The molecule has 0 fully saturated rings. The first-order valence-corrected chi connectivity index (χ1v) is 11.5. The van der Waals surface area contributed by atoms with E-state index >= 15 is 0 Å². The van der Waals surface area contributed by atoms with Crippen molar-refractivity contribution < 1.29 is 44.0 Å². The third-order valence-corrected chi connectivity index (χ3v) is 6.51. The maximum atomic E-state index is 13.9. The lowest BCUT2D eigenvalue weighted by Crippen LogP contribution is -2.18. The summed E-state index contributed by atoms with van der Waals surface area (Å²) in [5.74, 6) is -12.4. The van der Waals surface area contributed by atoms with E-state index in [4.69, 9.17) is 8.92 Å². The number of alkyl halides is 3. The van der Waals surface area contributed by atoms with Gasteiger partial charge in [-0.05, 0) is 36.2 Å². The van der Waals surface area contributed by atoms with Gasteiger partial charge in [-0.1, -0.05) is 17.3 Å². The smallest absolute Gasteiger partial charge is 0.416 e. The van der Waals surface area contributed by atoms with Crippen molar-refractivity contribution in [3.05, 3.63) is 94.6 Å². The summed E-state index contributed by atoms with van der Waals surface area (Å²) < 4.78 is 120. The van der Waals surface area contributed by atoms with Crippen LogP contribution in [0.15, 0.2) is 53.7 Å². The van der Waals surface area contributed by atoms with E-state index in [-0.39, 0.29) is 17.2 Å². The summed E-state index contributed by atoms with van der Waals surface area (Å²) in [4.78, 5) is 0.206. The molecule has 0 amide bonds. The van der Waals surface area contributed by atoms with E-state index in [0.29, 0.717) is 35.3 Å². The van der Waals surface area contributed by atoms with Gasteiger partial charge in [0, 0.05) is 11.5 Å². The second-order valence-electron chi connectivity index (χ2n) is 8.07. The van der Waals surface area contributed by atoms with Crippen molar-refractivity contribution >= 4 is 12.0 Å². The Labute approximate surface area is 213 Å². The number of rotatable bonds is 5. The quantitative estimate of drug-likeness (QED) is 0.114. The van der Waals surface area contributed by atoms with Crippen molar-refractivity contribution in [2.24, 2.45) is 0 Å². The van der Waals surface area contributed by atoms with Crippen LogP contribution in [0.25, 0.3) is 5.69 Å². The molecule has 1 aliphatic heterocycles. The lowest BCUT2D eigenvalue weighted by Gasteiger charge is -2.28. The highest BCUT2D eigenvalue weighted by Crippen LogP contribution is 2.43. The first-order chi connectivity index (χ1) is 18.1. The third-order valence-electron chi connectivity index (χ3n) is 5.82. The van der Waals surface area contributed by atoms with Gasteiger partial charge in [0.2, 0.25) is 34.8 Å². The molecule has 0 radical (unpaired) electrons. The summed E-state index contributed by atoms with van der Waals surface area (Å²) in [7, 11) is 0. The Morgan fingerprint density at radius 2 is 1.58 bits per heavy atom. The number of hydrogen-bond donors (Lipinski definition) is 0. The van der Waals surface area contributed by atoms with Crippen molar-refractivity contribution in [2.75, 3.05) is 6.61 Å². The molecule has 38 heavy (non-hydrogen) atoms. The number of ether oxygens (including phenoxy) is 1. The first kappa shape index (κ1) is 25.8. The molecule has 0 spiro atoms. The molecule has 5 nitrogen and oxygen atoms in total. The van der Waals surface area contributed by atoms with Gasteiger partial charge in [0.15, 0.2) is 0 Å². The summed E-state index contributed by atoms with van der Waals surface area (Å²) in [5, 5.41) is 7.51. The molecule has 14 heteroatoms. The second-order valence-corrected chi connectivity index (χ2v) is 8.88. The number of fused-ring (bicyclic) bond motifs is 1. The maximum absolute atomic E-state index is 13.9. The molecule has 0 saturated heterocycles. The molecule has 4 aromatic rings. The molecule has 1 aliphatic rings. The third kappa shape index (κ3) is 4.64. The topological polar surface area (TPSA) is 49.2 Å². The monoisotopic (exact) mass is 559 g/mol. The van der Waals surface area contributed by atoms with Gasteiger partial charge < -0.3 is 8.92 Å². The molecule has 1 aromatic heterocycles. The second kappa shape index (κ2) is 9.82. The Kier molecular flexibility index (Phi) is 6.67. The molecule has 0 bridgehead atoms. The number of benzene rings is 3. The molecule has 3 aromatic carbocycles. The number of nitrogens with zero attached hydrogens (tertiary/aromatic N) is 3. The van der Waals surface area contributed by atoms with Crippen molar-refractivity contribution in [2.45, 2.75) is 23.4 Å². The Morgan fingerprint density at radius 1 is 0.895 bits per heavy atom. The van der Waals surface area contributed by atoms with Crippen LogP contribution in [0, 0.1) is 29.1 Å². The molecule has 2 heterocycles. The Hall–Kier alpha value is -3.81. The van der Waals surface area contributed by atoms with Gasteiger partial charge >= 0.3 is 6.18 Å². The lowest BCUT2D eigenvalue weighted by molar-refractivity contribution is -0.137. The first-order valence-electron chi connectivity index (χ1n) is 10.8. The average molecular weight is 559 g/mol. The largest absolute Gasteiger partial charge is 0.493 e. The Balaban J connectivity index is 1.47. The van der Waals surface area contributed by atoms with Crippen molar-refractivity contribution in [1.82, 2.24) is 15.0 Å². The zero-order valence-corrected chi connectivity index (χ0v) is 19.5. The van der Waals surface area contributed by atoms with E-state index in [1.54, 1.807) is 6.07 Å². The normalized spacial score (nSPS) is 15.2. The van der Waals surface area contributed by atoms with Gasteiger partial charge in [0.25, 0.3) is 0 Å². The molecule has 5 rings (SSSR count). The average Bonchev–Trinajstić information content (AvgIpc) is 3.44. The van der Waals surface area contributed by atoms with Crippen LogP contribution in [0.1, 0.15) is 29.0 Å². The molecule has 0 saturated carbocycles. The number of aromatic nitrogens is 3. The molecule has 1 atom stereocenters. The zero-order valence-electron chi connectivity index (χ0n) is 18.7. The molecular weight excluding hydrogens is 546 g/mol. The highest BCUT2D eigenvalue weighted by atomic mass is 32.2. The van der Waals surface area contributed by atoms with Gasteiger partial charge in [-0.25, -0.2) is 17.9 Å². The van der Waals surface area contributed by atoms with E-state index in [9.17, 15) is 35.1 Å². The van der Waals surface area contributed by atoms with Gasteiger partial charge in [-0.15, -0.1) is 5.10 Å². The van der Waals surface area contributed by atoms with Crippen LogP contribution < -0.4 is 8.92 Å². The molecular formula is C24H13F8N3O2S. The predicted molar refractivity (Wildman–Crippen MR) is 117 cm³/mol. The summed E-state index contributed by atoms with van der Waals surface area (Å²) in [6.07, 6.45) is -1.43. The summed E-state index contributed by atoms with van der Waals surface area (Å²) in [6.45, 7) is 0.183. The van der Waals surface area contributed by atoms with Crippen molar-refractivity contribution in [1.29, 1.82) is 0 Å². The fourth-order valence-corrected chi connectivity index (χ4v) is 4.65. The number of hydrogen-bond acceptors (Lipinski definition) is 5. The highest BCUT2D eigenvalue weighted by Gasteiger charge is 2.33. The molecule has 1 unspecified atom stereocenters. The van der Waals surface area contributed by atoms with Crippen LogP contribution in [0.2, 0.25) is 0 Å². The van der Waals surface area contributed by atoms with E-state index in [2.05, 4.69) is 10.3 Å². The molecule has 198 valence electrons. The predicted octanol–water partition coefficient (Wildman–Crippen LogP) is 6.98. The summed E-state index contributed by atoms with van der Waals surface area (Å²) in [5.41, 5.74) is 0.420. The van der Waals surface area contributed by atoms with Gasteiger partial charge in [0.1, 0.15) is 5.75 Å². The van der Waals surface area contributed by atoms with Crippen molar-refractivity contribution in [3.63, 3.8) is 0 Å². The summed E-state index contributed by atoms with van der Waals surface area (Å²) in [6, 6.07) is 7.75. The van der Waals surface area contributed by atoms with E-state index in [1.165, 1.54) is 35.3 Å². The Morgan fingerprint density at radius 3 is 2.24 bits per heavy atom. The lowest BCUT2D eigenvalue weighted by atomic mass is 9.85. The van der Waals surface area contributed by atoms with Gasteiger partial charge in [0.05, 0.1) is 47.2 Å². The van der Waals surface area contributed by atoms with Crippen LogP contribution in [-0.4, -0.2) is 21.6 Å². The maximum Gasteiger partial charge on any atom is 0.416 e. The molecule has 0 N–H and O–H groups in total. The van der Waals surface area contributed by atoms with Crippen LogP contribution in [0.5, 0.6) is 11.5 Å². The van der Waals surface area contributed by atoms with Crippen LogP contribution in [-0.2, 0) is 6.18 Å². The fraction of sp³-hybridized carbons (Fsp3) is 0.167. The van der Waals surface area contributed by atoms with Crippen LogP contribution >= 0.6 is 12.0 Å². The van der Waals surface area contributed by atoms with Crippen LogP contribution in [0.4, 0.5) is 35.1 Å². The van der Waals surface area contributed by atoms with Crippen molar-refractivity contribution in [3.8, 4) is 17.2 Å². The minimum atomic E-state index is -4.58. The zero-order chi connectivity index (χ0) is 27.2. The standard InChI is InChI=1S/C24H13F8N3O2S/c25-18-19(26)21(28)23(22(29)20(18)27)37-38-12-2-4-15-13(5-8-36-17(15)10-12)14-3-1-11(24(30,31)32)9-16(14)35-7-6-33-34-35/h1-4,6-7,9-10,13H,5,8H2. The minimum Gasteiger partial charge on any atom is -0.493 e. The van der Waals surface area contributed by atoms with E-state index in [1.807, 2.05) is 0 Å². The van der Waals surface area contributed by atoms with Gasteiger partial charge in [-0.3, -0.25) is 0 Å². The minimum absolute atomic E-state index is 0.170. The number of halogens is 8. The van der Waals surface area contributed by atoms with Crippen LogP contribution in [0.3, 0.4) is 0 Å². The highest BCUT2D eigenvalue weighted by molar-refractivity contribution is 7.95. The molecule has 0 aliphatic carbocycles. The van der Waals surface area contributed by atoms with Gasteiger partial charge in [-0.2, -0.15) is 22.0 Å². The van der Waals surface area contributed by atoms with E-state index < -0.39 is 52.5 Å². The summed E-state index contributed by atoms with van der Waals surface area (Å²) >= 11 is 0.338. The van der Waals surface area contributed by atoms with E-state index in [0.717, 1.165) is 12.1 Å². The fourth-order valence-electron chi connectivity index (χ4n) is 4.04. The Bertz CT molecular complexity index is 1480. The SMILES string of the molecule is Fc1c(F)c(F)c(OSc2ccc3c(c2)OCCC3c2ccc(C(F)(F)F)cc2-n2ccnn2)c(F)c1F.